The van der Waals surface area contributed by atoms with Crippen LogP contribution in [0.3, 0.4) is 0 Å². The number of carbonyl (C=O) groups is 2. The van der Waals surface area contributed by atoms with Gasteiger partial charge in [-0.1, -0.05) is 11.3 Å². The summed E-state index contributed by atoms with van der Waals surface area (Å²) >= 11 is 1.18. The maximum absolute atomic E-state index is 11.6. The summed E-state index contributed by atoms with van der Waals surface area (Å²) in [6, 6.07) is 2.64. The summed E-state index contributed by atoms with van der Waals surface area (Å²) in [5.74, 6) is -1.55. The second-order valence-electron chi connectivity index (χ2n) is 2.94. The fourth-order valence-corrected chi connectivity index (χ4v) is 1.48. The Kier molecular flexibility index (Phi) is 3.06. The van der Waals surface area contributed by atoms with Gasteiger partial charge in [0.2, 0.25) is 5.13 Å². The number of anilines is 1. The lowest BCUT2D eigenvalue weighted by Gasteiger charge is -2.00. The maximum atomic E-state index is 11.6. The molecule has 0 aromatic carbocycles. The van der Waals surface area contributed by atoms with Gasteiger partial charge in [-0.15, -0.1) is 10.2 Å². The zero-order chi connectivity index (χ0) is 12.3. The van der Waals surface area contributed by atoms with Crippen molar-refractivity contribution in [3.8, 4) is 0 Å². The van der Waals surface area contributed by atoms with E-state index in [-0.39, 0.29) is 11.3 Å². The summed E-state index contributed by atoms with van der Waals surface area (Å²) in [6.45, 7) is 0. The number of nitrogens with zero attached hydrogens (tertiary/aromatic N) is 3. The maximum Gasteiger partial charge on any atom is 0.337 e. The van der Waals surface area contributed by atoms with E-state index in [2.05, 4.69) is 20.5 Å². The van der Waals surface area contributed by atoms with Crippen LogP contribution in [0.1, 0.15) is 20.8 Å². The quantitative estimate of drug-likeness (QED) is 0.837. The van der Waals surface area contributed by atoms with E-state index in [1.54, 1.807) is 0 Å². The van der Waals surface area contributed by atoms with Crippen molar-refractivity contribution in [3.05, 3.63) is 35.1 Å². The van der Waals surface area contributed by atoms with Crippen LogP contribution in [0.15, 0.2) is 23.8 Å². The lowest BCUT2D eigenvalue weighted by Crippen LogP contribution is -2.14. The zero-order valence-electron chi connectivity index (χ0n) is 8.32. The van der Waals surface area contributed by atoms with Crippen LogP contribution in [0.5, 0.6) is 0 Å². The van der Waals surface area contributed by atoms with Crippen LogP contribution in [0.4, 0.5) is 5.13 Å². The first-order chi connectivity index (χ1) is 8.16. The normalized spacial score (nSPS) is 9.88. The van der Waals surface area contributed by atoms with Gasteiger partial charge in [0.15, 0.2) is 0 Å². The van der Waals surface area contributed by atoms with Crippen molar-refractivity contribution >= 4 is 28.3 Å². The summed E-state index contributed by atoms with van der Waals surface area (Å²) in [7, 11) is 0. The molecule has 7 nitrogen and oxygen atoms in total. The van der Waals surface area contributed by atoms with Crippen molar-refractivity contribution in [2.45, 2.75) is 0 Å². The molecule has 2 aromatic rings. The van der Waals surface area contributed by atoms with Crippen molar-refractivity contribution < 1.29 is 14.7 Å². The third kappa shape index (κ3) is 2.61. The van der Waals surface area contributed by atoms with E-state index in [1.165, 1.54) is 29.0 Å². The Bertz CT molecular complexity index is 538. The zero-order valence-corrected chi connectivity index (χ0v) is 9.14. The molecule has 2 rings (SSSR count). The van der Waals surface area contributed by atoms with Crippen molar-refractivity contribution in [1.29, 1.82) is 0 Å². The molecule has 17 heavy (non-hydrogen) atoms. The third-order valence-corrected chi connectivity index (χ3v) is 2.43. The Labute approximate surface area is 99.2 Å². The summed E-state index contributed by atoms with van der Waals surface area (Å²) in [5.41, 5.74) is 1.62. The standard InChI is InChI=1S/C9H6N4O3S/c14-7(12-9-13-11-4-17-9)6-2-1-5(3-10-6)8(15)16/h1-4H,(H,15,16)(H,12,13,14). The van der Waals surface area contributed by atoms with Crippen LogP contribution in [0.2, 0.25) is 0 Å². The van der Waals surface area contributed by atoms with Crippen LogP contribution >= 0.6 is 11.3 Å². The van der Waals surface area contributed by atoms with Crippen LogP contribution in [-0.4, -0.2) is 32.2 Å². The molecule has 0 aliphatic carbocycles. The van der Waals surface area contributed by atoms with Gasteiger partial charge in [-0.3, -0.25) is 15.1 Å². The molecule has 0 spiro atoms. The van der Waals surface area contributed by atoms with Gasteiger partial charge in [0, 0.05) is 6.20 Å². The van der Waals surface area contributed by atoms with E-state index < -0.39 is 11.9 Å². The molecule has 2 N–H and O–H groups in total. The summed E-state index contributed by atoms with van der Waals surface area (Å²) in [4.78, 5) is 25.9. The average Bonchev–Trinajstić information content (AvgIpc) is 2.82. The number of carbonyl (C=O) groups excluding carboxylic acids is 1. The van der Waals surface area contributed by atoms with Crippen molar-refractivity contribution in [1.82, 2.24) is 15.2 Å². The van der Waals surface area contributed by atoms with Crippen LogP contribution in [-0.2, 0) is 0 Å². The molecule has 0 saturated carbocycles. The lowest BCUT2D eigenvalue weighted by atomic mass is 10.2. The number of carboxylic acid groups (broad SMARTS) is 1. The third-order valence-electron chi connectivity index (χ3n) is 1.82. The monoisotopic (exact) mass is 250 g/mol. The van der Waals surface area contributed by atoms with Crippen molar-refractivity contribution in [3.63, 3.8) is 0 Å². The second-order valence-corrected chi connectivity index (χ2v) is 3.77. The highest BCUT2D eigenvalue weighted by atomic mass is 32.1. The molecular formula is C9H6N4O3S. The Balaban J connectivity index is 2.12. The predicted molar refractivity (Wildman–Crippen MR) is 59.1 cm³/mol. The van der Waals surface area contributed by atoms with Crippen molar-refractivity contribution in [2.24, 2.45) is 0 Å². The highest BCUT2D eigenvalue weighted by Crippen LogP contribution is 2.09. The SMILES string of the molecule is O=C(O)c1ccc(C(=O)Nc2nncs2)nc1. The van der Waals surface area contributed by atoms with Gasteiger partial charge < -0.3 is 5.11 Å². The Morgan fingerprint density at radius 1 is 1.35 bits per heavy atom. The van der Waals surface area contributed by atoms with E-state index in [0.29, 0.717) is 5.13 Å². The number of rotatable bonds is 3. The molecule has 0 aliphatic heterocycles. The van der Waals surface area contributed by atoms with Gasteiger partial charge in [-0.25, -0.2) is 4.79 Å². The number of carboxylic acids is 1. The first-order valence-corrected chi connectivity index (χ1v) is 5.31. The fourth-order valence-electron chi connectivity index (χ4n) is 1.04. The Morgan fingerprint density at radius 2 is 2.18 bits per heavy atom. The first kappa shape index (κ1) is 11.1. The highest BCUT2D eigenvalue weighted by Gasteiger charge is 2.10. The molecule has 0 saturated heterocycles. The van der Waals surface area contributed by atoms with E-state index in [1.807, 2.05) is 0 Å². The van der Waals surface area contributed by atoms with Gasteiger partial charge in [-0.05, 0) is 12.1 Å². The number of hydrogen-bond donors (Lipinski definition) is 2. The van der Waals surface area contributed by atoms with E-state index in [4.69, 9.17) is 5.11 Å². The number of nitrogens with one attached hydrogen (secondary N) is 1. The van der Waals surface area contributed by atoms with Gasteiger partial charge >= 0.3 is 5.97 Å². The summed E-state index contributed by atoms with van der Waals surface area (Å²) in [5, 5.41) is 18.7. The largest absolute Gasteiger partial charge is 0.478 e. The molecule has 0 radical (unpaired) electrons. The molecule has 0 aliphatic rings. The Morgan fingerprint density at radius 3 is 2.71 bits per heavy atom. The minimum absolute atomic E-state index is 0.0254. The molecule has 2 aromatic heterocycles. The van der Waals surface area contributed by atoms with Gasteiger partial charge in [-0.2, -0.15) is 0 Å². The molecule has 0 bridgehead atoms. The second kappa shape index (κ2) is 4.66. The number of aromatic carboxylic acids is 1. The van der Waals surface area contributed by atoms with E-state index in [0.717, 1.165) is 6.20 Å². The topological polar surface area (TPSA) is 105 Å². The molecule has 0 unspecified atom stereocenters. The molecule has 8 heteroatoms. The van der Waals surface area contributed by atoms with Gasteiger partial charge in [0.25, 0.3) is 5.91 Å². The minimum Gasteiger partial charge on any atom is -0.478 e. The van der Waals surface area contributed by atoms with Gasteiger partial charge in [0.05, 0.1) is 5.56 Å². The number of hydrogen-bond acceptors (Lipinski definition) is 6. The predicted octanol–water partition coefficient (Wildman–Crippen LogP) is 0.884. The molecule has 86 valence electrons. The first-order valence-electron chi connectivity index (χ1n) is 4.43. The molecule has 2 heterocycles. The molecule has 1 amide bonds. The van der Waals surface area contributed by atoms with Crippen LogP contribution in [0.25, 0.3) is 0 Å². The molecule has 0 atom stereocenters. The number of aromatic nitrogens is 3. The number of amides is 1. The Hall–Kier alpha value is -2.35. The van der Waals surface area contributed by atoms with Gasteiger partial charge in [0.1, 0.15) is 11.2 Å². The number of pyridine rings is 1. The molecule has 0 fully saturated rings. The summed E-state index contributed by atoms with van der Waals surface area (Å²) in [6.07, 6.45) is 1.12. The minimum atomic E-state index is -1.09. The van der Waals surface area contributed by atoms with E-state index in [9.17, 15) is 9.59 Å². The smallest absolute Gasteiger partial charge is 0.337 e. The molecular weight excluding hydrogens is 244 g/mol. The highest BCUT2D eigenvalue weighted by molar-refractivity contribution is 7.13. The lowest BCUT2D eigenvalue weighted by molar-refractivity contribution is 0.0696. The van der Waals surface area contributed by atoms with Crippen LogP contribution in [0, 0.1) is 0 Å². The van der Waals surface area contributed by atoms with Crippen molar-refractivity contribution in [2.75, 3.05) is 5.32 Å². The van der Waals surface area contributed by atoms with E-state index >= 15 is 0 Å². The average molecular weight is 250 g/mol. The van der Waals surface area contributed by atoms with Crippen LogP contribution < -0.4 is 5.32 Å². The fraction of sp³-hybridized carbons (Fsp3) is 0. The summed E-state index contributed by atoms with van der Waals surface area (Å²) < 4.78 is 0.